The van der Waals surface area contributed by atoms with Gasteiger partial charge in [-0.25, -0.2) is 4.68 Å². The van der Waals surface area contributed by atoms with Gasteiger partial charge in [-0.05, 0) is 44.6 Å². The summed E-state index contributed by atoms with van der Waals surface area (Å²) in [6, 6.07) is 1.02. The predicted molar refractivity (Wildman–Crippen MR) is 91.1 cm³/mol. The van der Waals surface area contributed by atoms with Crippen LogP contribution in [0.2, 0.25) is 0 Å². The molecule has 0 unspecified atom stereocenters. The summed E-state index contributed by atoms with van der Waals surface area (Å²) in [4.78, 5) is 40.8. The molecule has 0 bridgehead atoms. The second-order valence-electron chi connectivity index (χ2n) is 7.35. The fraction of sp³-hybridized carbons (Fsp3) is 0.667. The molecule has 1 saturated heterocycles. The minimum atomic E-state index is -0.607. The summed E-state index contributed by atoms with van der Waals surface area (Å²) in [5.74, 6) is 0.359. The third kappa shape index (κ3) is 3.07. The quantitative estimate of drug-likeness (QED) is 0.794. The van der Waals surface area contributed by atoms with Crippen LogP contribution < -0.4 is 5.56 Å². The summed E-state index contributed by atoms with van der Waals surface area (Å²) in [7, 11) is 0. The van der Waals surface area contributed by atoms with Crippen molar-refractivity contribution < 1.29 is 9.59 Å². The van der Waals surface area contributed by atoms with E-state index in [0.717, 1.165) is 43.4 Å². The Kier molecular flexibility index (Phi) is 4.09. The van der Waals surface area contributed by atoms with Crippen LogP contribution in [-0.2, 0) is 22.4 Å². The number of aromatic nitrogens is 2. The molecular formula is C18H24N4O3. The van der Waals surface area contributed by atoms with E-state index in [1.807, 2.05) is 4.90 Å². The third-order valence-electron chi connectivity index (χ3n) is 5.54. The molecule has 4 rings (SSSR count). The Bertz CT molecular complexity index is 760. The van der Waals surface area contributed by atoms with Gasteiger partial charge in [0.2, 0.25) is 11.8 Å². The van der Waals surface area contributed by atoms with E-state index in [9.17, 15) is 14.4 Å². The Morgan fingerprint density at radius 3 is 2.48 bits per heavy atom. The number of carbonyl (C=O) groups is 2. The highest BCUT2D eigenvalue weighted by Crippen LogP contribution is 2.31. The topological polar surface area (TPSA) is 75.5 Å². The Balaban J connectivity index is 1.43. The lowest BCUT2D eigenvalue weighted by atomic mass is 10.2. The third-order valence-corrected chi connectivity index (χ3v) is 5.54. The summed E-state index contributed by atoms with van der Waals surface area (Å²) in [5, 5.41) is 4.44. The second-order valence-corrected chi connectivity index (χ2v) is 7.35. The van der Waals surface area contributed by atoms with Crippen LogP contribution in [0.3, 0.4) is 0 Å². The number of hydrogen-bond donors (Lipinski definition) is 0. The second kappa shape index (κ2) is 6.28. The van der Waals surface area contributed by atoms with Crippen LogP contribution in [-0.4, -0.2) is 57.6 Å². The molecule has 0 spiro atoms. The first-order valence-corrected chi connectivity index (χ1v) is 9.24. The molecule has 0 aromatic carbocycles. The van der Waals surface area contributed by atoms with Gasteiger partial charge >= 0.3 is 0 Å². The molecule has 1 atom stereocenters. The van der Waals surface area contributed by atoms with Crippen LogP contribution in [0.4, 0.5) is 0 Å². The Morgan fingerprint density at radius 2 is 1.80 bits per heavy atom. The average Bonchev–Trinajstić information content (AvgIpc) is 3.38. The molecule has 1 aliphatic heterocycles. The van der Waals surface area contributed by atoms with Gasteiger partial charge < -0.3 is 9.80 Å². The van der Waals surface area contributed by atoms with E-state index in [1.165, 1.54) is 4.68 Å². The minimum absolute atomic E-state index is 0.0916. The van der Waals surface area contributed by atoms with Crippen molar-refractivity contribution in [3.05, 3.63) is 27.7 Å². The Labute approximate surface area is 146 Å². The average molecular weight is 344 g/mol. The lowest BCUT2D eigenvalue weighted by Crippen LogP contribution is -2.52. The number of carbonyl (C=O) groups excluding carboxylic acids is 2. The summed E-state index contributed by atoms with van der Waals surface area (Å²) in [5.41, 5.74) is 1.76. The molecule has 2 heterocycles. The normalized spacial score (nSPS) is 21.2. The fourth-order valence-corrected chi connectivity index (χ4v) is 3.80. The number of aryl methyl sites for hydroxylation is 2. The molecule has 3 aliphatic rings. The van der Waals surface area contributed by atoms with Gasteiger partial charge in [0.15, 0.2) is 0 Å². The van der Waals surface area contributed by atoms with E-state index in [1.54, 1.807) is 17.9 Å². The van der Waals surface area contributed by atoms with Crippen LogP contribution in [0.25, 0.3) is 0 Å². The maximum Gasteiger partial charge on any atom is 0.267 e. The summed E-state index contributed by atoms with van der Waals surface area (Å²) in [6.45, 7) is 3.96. The molecular weight excluding hydrogens is 320 g/mol. The van der Waals surface area contributed by atoms with Crippen molar-refractivity contribution in [1.82, 2.24) is 19.6 Å². The van der Waals surface area contributed by atoms with E-state index >= 15 is 0 Å². The first-order valence-electron chi connectivity index (χ1n) is 9.24. The van der Waals surface area contributed by atoms with Crippen molar-refractivity contribution >= 4 is 11.8 Å². The number of piperazine rings is 1. The smallest absolute Gasteiger partial charge is 0.267 e. The molecule has 1 saturated carbocycles. The van der Waals surface area contributed by atoms with Crippen molar-refractivity contribution in [1.29, 1.82) is 0 Å². The molecule has 134 valence electrons. The molecule has 2 fully saturated rings. The monoisotopic (exact) mass is 344 g/mol. The standard InChI is InChI=1S/C18H24N4O3/c1-12(22-16(23)11-14-3-2-4-15(14)19-22)17(24)20-7-9-21(10-8-20)18(25)13-5-6-13/h11-13H,2-10H2,1H3/t12-/m0/s1. The van der Waals surface area contributed by atoms with E-state index in [-0.39, 0.29) is 23.3 Å². The lowest BCUT2D eigenvalue weighted by Gasteiger charge is -2.36. The Hall–Kier alpha value is -2.18. The molecule has 7 nitrogen and oxygen atoms in total. The zero-order valence-electron chi connectivity index (χ0n) is 14.6. The van der Waals surface area contributed by atoms with Gasteiger partial charge in [-0.15, -0.1) is 0 Å². The highest BCUT2D eigenvalue weighted by molar-refractivity contribution is 5.82. The van der Waals surface area contributed by atoms with Crippen molar-refractivity contribution in [3.8, 4) is 0 Å². The number of nitrogens with zero attached hydrogens (tertiary/aromatic N) is 4. The van der Waals surface area contributed by atoms with Crippen LogP contribution in [0.15, 0.2) is 10.9 Å². The van der Waals surface area contributed by atoms with Gasteiger partial charge in [0.05, 0.1) is 5.69 Å². The van der Waals surface area contributed by atoms with Crippen molar-refractivity contribution in [3.63, 3.8) is 0 Å². The molecule has 2 aliphatic carbocycles. The lowest BCUT2D eigenvalue weighted by molar-refractivity contribution is -0.142. The van der Waals surface area contributed by atoms with Crippen molar-refractivity contribution in [2.24, 2.45) is 5.92 Å². The van der Waals surface area contributed by atoms with Gasteiger partial charge in [0.25, 0.3) is 5.56 Å². The van der Waals surface area contributed by atoms with E-state index < -0.39 is 6.04 Å². The molecule has 0 radical (unpaired) electrons. The van der Waals surface area contributed by atoms with Gasteiger partial charge in [-0.1, -0.05) is 0 Å². The zero-order valence-corrected chi connectivity index (χ0v) is 14.6. The number of rotatable bonds is 3. The van der Waals surface area contributed by atoms with Crippen LogP contribution >= 0.6 is 0 Å². The SMILES string of the molecule is C[C@@H](C(=O)N1CCN(C(=O)C2CC2)CC1)n1nc2c(cc1=O)CCC2. The highest BCUT2D eigenvalue weighted by Gasteiger charge is 2.36. The molecule has 1 aromatic rings. The van der Waals surface area contributed by atoms with Crippen molar-refractivity contribution in [2.45, 2.75) is 45.1 Å². The molecule has 1 aromatic heterocycles. The predicted octanol–water partition coefficient (Wildman–Crippen LogP) is 0.374. The van der Waals surface area contributed by atoms with E-state index in [0.29, 0.717) is 26.2 Å². The largest absolute Gasteiger partial charge is 0.339 e. The fourth-order valence-electron chi connectivity index (χ4n) is 3.80. The first kappa shape index (κ1) is 16.3. The zero-order chi connectivity index (χ0) is 17.6. The van der Waals surface area contributed by atoms with Gasteiger partial charge in [-0.2, -0.15) is 5.10 Å². The minimum Gasteiger partial charge on any atom is -0.339 e. The summed E-state index contributed by atoms with van der Waals surface area (Å²) in [6.07, 6.45) is 4.80. The van der Waals surface area contributed by atoms with E-state index in [4.69, 9.17) is 0 Å². The summed E-state index contributed by atoms with van der Waals surface area (Å²) >= 11 is 0. The highest BCUT2D eigenvalue weighted by atomic mass is 16.2. The van der Waals surface area contributed by atoms with Crippen LogP contribution in [0.5, 0.6) is 0 Å². The van der Waals surface area contributed by atoms with Crippen LogP contribution in [0.1, 0.15) is 43.5 Å². The maximum atomic E-state index is 12.8. The van der Waals surface area contributed by atoms with Gasteiger partial charge in [-0.3, -0.25) is 14.4 Å². The molecule has 0 N–H and O–H groups in total. The molecule has 25 heavy (non-hydrogen) atoms. The van der Waals surface area contributed by atoms with Gasteiger partial charge in [0.1, 0.15) is 6.04 Å². The van der Waals surface area contributed by atoms with E-state index in [2.05, 4.69) is 5.10 Å². The molecule has 7 heteroatoms. The number of hydrogen-bond acceptors (Lipinski definition) is 4. The van der Waals surface area contributed by atoms with Gasteiger partial charge in [0, 0.05) is 38.2 Å². The number of fused-ring (bicyclic) bond motifs is 1. The maximum absolute atomic E-state index is 12.8. The first-order chi connectivity index (χ1) is 12.0. The summed E-state index contributed by atoms with van der Waals surface area (Å²) < 4.78 is 1.33. The molecule has 2 amide bonds. The number of amides is 2. The van der Waals surface area contributed by atoms with Crippen molar-refractivity contribution in [2.75, 3.05) is 26.2 Å². The van der Waals surface area contributed by atoms with Crippen LogP contribution in [0, 0.1) is 5.92 Å². The Morgan fingerprint density at radius 1 is 1.12 bits per heavy atom.